The standard InChI is InChI=1S/C11H20O3/c1-6-12-8-7-9-13-10(2,3)11(4,5)14-9/h7-9H,6H2,1-5H3/b8-7+. The third kappa shape index (κ3) is 2.28. The van der Waals surface area contributed by atoms with Crippen LogP contribution in [0.5, 0.6) is 0 Å². The molecular weight excluding hydrogens is 180 g/mol. The predicted molar refractivity (Wildman–Crippen MR) is 54.9 cm³/mol. The molecule has 0 radical (unpaired) electrons. The van der Waals surface area contributed by atoms with Crippen LogP contribution in [0.4, 0.5) is 0 Å². The fourth-order valence-corrected chi connectivity index (χ4v) is 1.18. The molecule has 14 heavy (non-hydrogen) atoms. The van der Waals surface area contributed by atoms with Crippen LogP contribution in [0.25, 0.3) is 0 Å². The molecule has 0 aromatic rings. The Kier molecular flexibility index (Phi) is 3.22. The largest absolute Gasteiger partial charge is 0.502 e. The smallest absolute Gasteiger partial charge is 0.181 e. The van der Waals surface area contributed by atoms with E-state index in [0.717, 1.165) is 0 Å². The Hall–Kier alpha value is -0.540. The van der Waals surface area contributed by atoms with Crippen molar-refractivity contribution in [2.75, 3.05) is 6.61 Å². The first-order valence-corrected chi connectivity index (χ1v) is 5.03. The zero-order valence-corrected chi connectivity index (χ0v) is 9.66. The summed E-state index contributed by atoms with van der Waals surface area (Å²) in [7, 11) is 0. The van der Waals surface area contributed by atoms with Crippen molar-refractivity contribution in [2.45, 2.75) is 52.1 Å². The van der Waals surface area contributed by atoms with Crippen LogP contribution in [0.3, 0.4) is 0 Å². The quantitative estimate of drug-likeness (QED) is 0.655. The van der Waals surface area contributed by atoms with Crippen LogP contribution < -0.4 is 0 Å². The zero-order valence-electron chi connectivity index (χ0n) is 9.66. The molecule has 3 nitrogen and oxygen atoms in total. The van der Waals surface area contributed by atoms with Crippen molar-refractivity contribution in [1.29, 1.82) is 0 Å². The van der Waals surface area contributed by atoms with E-state index in [4.69, 9.17) is 14.2 Å². The van der Waals surface area contributed by atoms with Gasteiger partial charge in [-0.05, 0) is 34.6 Å². The average Bonchev–Trinajstić information content (AvgIpc) is 2.21. The second-order valence-electron chi connectivity index (χ2n) is 4.41. The van der Waals surface area contributed by atoms with E-state index in [9.17, 15) is 0 Å². The van der Waals surface area contributed by atoms with Gasteiger partial charge in [-0.2, -0.15) is 0 Å². The molecule has 0 aromatic heterocycles. The van der Waals surface area contributed by atoms with Crippen LogP contribution in [0.1, 0.15) is 34.6 Å². The molecule has 0 aromatic carbocycles. The molecule has 1 fully saturated rings. The number of rotatable bonds is 3. The molecule has 1 aliphatic heterocycles. The fraction of sp³-hybridized carbons (Fsp3) is 0.818. The summed E-state index contributed by atoms with van der Waals surface area (Å²) in [6.07, 6.45) is 3.12. The van der Waals surface area contributed by atoms with E-state index in [1.807, 2.05) is 34.6 Å². The lowest BCUT2D eigenvalue weighted by atomic mass is 9.90. The molecule has 0 aliphatic carbocycles. The Morgan fingerprint density at radius 2 is 1.64 bits per heavy atom. The van der Waals surface area contributed by atoms with E-state index in [-0.39, 0.29) is 17.5 Å². The molecule has 0 saturated carbocycles. The molecule has 82 valence electrons. The lowest BCUT2D eigenvalue weighted by Crippen LogP contribution is -2.41. The van der Waals surface area contributed by atoms with E-state index in [1.165, 1.54) is 0 Å². The van der Waals surface area contributed by atoms with Crippen molar-refractivity contribution >= 4 is 0 Å². The average molecular weight is 200 g/mol. The van der Waals surface area contributed by atoms with Gasteiger partial charge in [-0.1, -0.05) is 0 Å². The van der Waals surface area contributed by atoms with Gasteiger partial charge in [0, 0.05) is 6.08 Å². The molecule has 0 atom stereocenters. The normalized spacial score (nSPS) is 25.8. The highest BCUT2D eigenvalue weighted by Gasteiger charge is 2.48. The topological polar surface area (TPSA) is 27.7 Å². The minimum Gasteiger partial charge on any atom is -0.502 e. The van der Waals surface area contributed by atoms with Crippen molar-refractivity contribution in [2.24, 2.45) is 0 Å². The van der Waals surface area contributed by atoms with Crippen LogP contribution in [0.15, 0.2) is 12.3 Å². The minimum absolute atomic E-state index is 0.270. The second kappa shape index (κ2) is 3.91. The van der Waals surface area contributed by atoms with Gasteiger partial charge in [0.2, 0.25) is 0 Å². The zero-order chi connectivity index (χ0) is 10.8. The third-order valence-corrected chi connectivity index (χ3v) is 2.77. The lowest BCUT2D eigenvalue weighted by Gasteiger charge is -2.30. The monoisotopic (exact) mass is 200 g/mol. The highest BCUT2D eigenvalue weighted by Crippen LogP contribution is 2.38. The van der Waals surface area contributed by atoms with E-state index in [0.29, 0.717) is 6.61 Å². The number of ether oxygens (including phenoxy) is 3. The molecule has 1 heterocycles. The molecule has 0 N–H and O–H groups in total. The summed E-state index contributed by atoms with van der Waals surface area (Å²) in [5, 5.41) is 0. The Balaban J connectivity index is 2.55. The lowest BCUT2D eigenvalue weighted by molar-refractivity contribution is -0.0519. The summed E-state index contributed by atoms with van der Waals surface area (Å²) in [6, 6.07) is 0. The van der Waals surface area contributed by atoms with Gasteiger partial charge in [0.1, 0.15) is 0 Å². The first-order chi connectivity index (χ1) is 6.39. The number of hydrogen-bond donors (Lipinski definition) is 0. The highest BCUT2D eigenvalue weighted by molar-refractivity contribution is 4.98. The van der Waals surface area contributed by atoms with E-state index in [2.05, 4.69) is 0 Å². The molecule has 0 amide bonds. The maximum absolute atomic E-state index is 5.72. The highest BCUT2D eigenvalue weighted by atomic mass is 16.7. The molecule has 0 spiro atoms. The predicted octanol–water partition coefficient (Wildman–Crippen LogP) is 2.47. The van der Waals surface area contributed by atoms with Crippen LogP contribution in [0, 0.1) is 0 Å². The van der Waals surface area contributed by atoms with Gasteiger partial charge in [-0.25, -0.2) is 0 Å². The molecule has 3 heteroatoms. The Morgan fingerprint density at radius 3 is 2.07 bits per heavy atom. The van der Waals surface area contributed by atoms with Gasteiger partial charge < -0.3 is 14.2 Å². The van der Waals surface area contributed by atoms with Crippen molar-refractivity contribution in [3.05, 3.63) is 12.3 Å². The van der Waals surface area contributed by atoms with Crippen molar-refractivity contribution in [3.63, 3.8) is 0 Å². The first-order valence-electron chi connectivity index (χ1n) is 5.03. The summed E-state index contributed by atoms with van der Waals surface area (Å²) in [5.41, 5.74) is -0.539. The van der Waals surface area contributed by atoms with E-state index < -0.39 is 0 Å². The van der Waals surface area contributed by atoms with Gasteiger partial charge in [-0.15, -0.1) is 0 Å². The summed E-state index contributed by atoms with van der Waals surface area (Å²) in [4.78, 5) is 0. The van der Waals surface area contributed by atoms with Crippen LogP contribution in [-0.4, -0.2) is 24.1 Å². The summed E-state index contributed by atoms with van der Waals surface area (Å²) in [6.45, 7) is 10.7. The maximum atomic E-state index is 5.72. The third-order valence-electron chi connectivity index (χ3n) is 2.77. The number of hydrogen-bond acceptors (Lipinski definition) is 3. The maximum Gasteiger partial charge on any atom is 0.181 e. The Labute approximate surface area is 86.0 Å². The Bertz CT molecular complexity index is 203. The van der Waals surface area contributed by atoms with Crippen molar-refractivity contribution in [1.82, 2.24) is 0 Å². The SMILES string of the molecule is CCO/C=C/C1OC(C)(C)C(C)(C)O1. The van der Waals surface area contributed by atoms with Crippen LogP contribution in [-0.2, 0) is 14.2 Å². The molecule has 1 saturated heterocycles. The second-order valence-corrected chi connectivity index (χ2v) is 4.41. The Morgan fingerprint density at radius 1 is 1.14 bits per heavy atom. The van der Waals surface area contributed by atoms with Gasteiger partial charge >= 0.3 is 0 Å². The molecule has 1 rings (SSSR count). The molecular formula is C11H20O3. The van der Waals surface area contributed by atoms with Crippen LogP contribution >= 0.6 is 0 Å². The van der Waals surface area contributed by atoms with Crippen molar-refractivity contribution in [3.8, 4) is 0 Å². The summed E-state index contributed by atoms with van der Waals surface area (Å²) in [5.74, 6) is 0. The fourth-order valence-electron chi connectivity index (χ4n) is 1.18. The first kappa shape index (κ1) is 11.5. The van der Waals surface area contributed by atoms with Crippen molar-refractivity contribution < 1.29 is 14.2 Å². The summed E-state index contributed by atoms with van der Waals surface area (Å²) >= 11 is 0. The summed E-state index contributed by atoms with van der Waals surface area (Å²) < 4.78 is 16.5. The van der Waals surface area contributed by atoms with Gasteiger partial charge in [-0.3, -0.25) is 0 Å². The van der Waals surface area contributed by atoms with Crippen LogP contribution in [0.2, 0.25) is 0 Å². The van der Waals surface area contributed by atoms with E-state index >= 15 is 0 Å². The molecule has 0 unspecified atom stereocenters. The van der Waals surface area contributed by atoms with Gasteiger partial charge in [0.05, 0.1) is 24.1 Å². The van der Waals surface area contributed by atoms with Gasteiger partial charge in [0.25, 0.3) is 0 Å². The molecule has 1 aliphatic rings. The minimum atomic E-state index is -0.299. The van der Waals surface area contributed by atoms with Gasteiger partial charge in [0.15, 0.2) is 6.29 Å². The van der Waals surface area contributed by atoms with E-state index in [1.54, 1.807) is 12.3 Å². The molecule has 0 bridgehead atoms.